The van der Waals surface area contributed by atoms with Crippen LogP contribution in [0.15, 0.2) is 36.4 Å². The maximum atomic E-state index is 13.0. The molecule has 1 N–H and O–H groups in total. The Morgan fingerprint density at radius 3 is 2.38 bits per heavy atom. The van der Waals surface area contributed by atoms with Gasteiger partial charge in [0.1, 0.15) is 11.6 Å². The third-order valence-corrected chi connectivity index (χ3v) is 3.72. The van der Waals surface area contributed by atoms with Gasteiger partial charge < -0.3 is 14.8 Å². The number of aromatic nitrogens is 2. The number of anilines is 1. The molecule has 0 radical (unpaired) electrons. The van der Waals surface area contributed by atoms with Crippen LogP contribution < -0.4 is 14.8 Å². The van der Waals surface area contributed by atoms with E-state index in [9.17, 15) is 4.39 Å². The lowest BCUT2D eigenvalue weighted by Crippen LogP contribution is -2.04. The van der Waals surface area contributed by atoms with E-state index >= 15 is 0 Å². The van der Waals surface area contributed by atoms with Crippen LogP contribution in [0.3, 0.4) is 0 Å². The summed E-state index contributed by atoms with van der Waals surface area (Å²) in [7, 11) is 3.12. The quantitative estimate of drug-likeness (QED) is 0.705. The molecule has 5 nitrogen and oxygen atoms in total. The first kappa shape index (κ1) is 16.3. The van der Waals surface area contributed by atoms with Crippen LogP contribution in [-0.2, 0) is 6.54 Å². The molecule has 0 saturated carbocycles. The lowest BCUT2D eigenvalue weighted by molar-refractivity contribution is 0.356. The number of nitrogens with one attached hydrogen (secondary N) is 1. The molecular formula is C17H15ClFN3O2. The second-order valence-corrected chi connectivity index (χ2v) is 5.38. The molecule has 1 aromatic heterocycles. The third kappa shape index (κ3) is 3.33. The zero-order chi connectivity index (χ0) is 17.1. The van der Waals surface area contributed by atoms with E-state index in [0.29, 0.717) is 29.4 Å². The van der Waals surface area contributed by atoms with Crippen molar-refractivity contribution in [3.63, 3.8) is 0 Å². The average Bonchev–Trinajstić information content (AvgIpc) is 2.59. The molecule has 0 saturated heterocycles. The maximum absolute atomic E-state index is 13.0. The number of methoxy groups -OCH3 is 2. The van der Waals surface area contributed by atoms with E-state index in [2.05, 4.69) is 15.3 Å². The van der Waals surface area contributed by atoms with Crippen molar-refractivity contribution in [3.05, 3.63) is 53.1 Å². The summed E-state index contributed by atoms with van der Waals surface area (Å²) in [5.74, 6) is 1.42. The molecule has 1 heterocycles. The predicted octanol–water partition coefficient (Wildman–Crippen LogP) is 4.05. The summed E-state index contributed by atoms with van der Waals surface area (Å²) in [6.07, 6.45) is 0. The van der Waals surface area contributed by atoms with Crippen molar-refractivity contribution >= 4 is 28.3 Å². The van der Waals surface area contributed by atoms with E-state index in [0.717, 1.165) is 10.9 Å². The van der Waals surface area contributed by atoms with Crippen LogP contribution in [0.2, 0.25) is 5.28 Å². The van der Waals surface area contributed by atoms with Gasteiger partial charge in [0.15, 0.2) is 11.5 Å². The van der Waals surface area contributed by atoms with Crippen molar-refractivity contribution in [2.24, 2.45) is 0 Å². The zero-order valence-electron chi connectivity index (χ0n) is 13.1. The minimum atomic E-state index is -0.272. The lowest BCUT2D eigenvalue weighted by Gasteiger charge is -2.12. The highest BCUT2D eigenvalue weighted by atomic mass is 35.5. The standard InChI is InChI=1S/C17H15ClFN3O2/c1-23-14-7-12-13(8-15(14)24-2)21-17(18)22-16(12)20-9-10-3-5-11(19)6-4-10/h3-8H,9H2,1-2H3,(H,20,21,22). The van der Waals surface area contributed by atoms with Crippen LogP contribution in [0.5, 0.6) is 11.5 Å². The van der Waals surface area contributed by atoms with Crippen molar-refractivity contribution in [2.45, 2.75) is 6.54 Å². The number of benzene rings is 2. The van der Waals surface area contributed by atoms with E-state index in [1.807, 2.05) is 0 Å². The first-order valence-electron chi connectivity index (χ1n) is 7.18. The maximum Gasteiger partial charge on any atom is 0.224 e. The fraction of sp³-hybridized carbons (Fsp3) is 0.176. The Labute approximate surface area is 143 Å². The van der Waals surface area contributed by atoms with Gasteiger partial charge in [0.05, 0.1) is 19.7 Å². The molecule has 7 heteroatoms. The van der Waals surface area contributed by atoms with Gasteiger partial charge in [0.2, 0.25) is 5.28 Å². The normalized spacial score (nSPS) is 10.7. The van der Waals surface area contributed by atoms with E-state index < -0.39 is 0 Å². The van der Waals surface area contributed by atoms with Crippen LogP contribution >= 0.6 is 11.6 Å². The van der Waals surface area contributed by atoms with E-state index in [1.54, 1.807) is 38.5 Å². The number of hydrogen-bond acceptors (Lipinski definition) is 5. The number of nitrogens with zero attached hydrogens (tertiary/aromatic N) is 2. The van der Waals surface area contributed by atoms with Gasteiger partial charge in [-0.05, 0) is 35.4 Å². The summed E-state index contributed by atoms with van der Waals surface area (Å²) in [5.41, 5.74) is 1.55. The Kier molecular flexibility index (Phi) is 4.66. The van der Waals surface area contributed by atoms with E-state index in [1.165, 1.54) is 12.1 Å². The largest absolute Gasteiger partial charge is 0.493 e. The van der Waals surface area contributed by atoms with Crippen LogP contribution in [0.1, 0.15) is 5.56 Å². The van der Waals surface area contributed by atoms with Gasteiger partial charge in [-0.25, -0.2) is 14.4 Å². The Morgan fingerprint density at radius 1 is 1.04 bits per heavy atom. The SMILES string of the molecule is COc1cc2nc(Cl)nc(NCc3ccc(F)cc3)c2cc1OC. The van der Waals surface area contributed by atoms with Gasteiger partial charge in [-0.15, -0.1) is 0 Å². The van der Waals surface area contributed by atoms with Gasteiger partial charge in [-0.1, -0.05) is 12.1 Å². The predicted molar refractivity (Wildman–Crippen MR) is 91.4 cm³/mol. The topological polar surface area (TPSA) is 56.3 Å². The summed E-state index contributed by atoms with van der Waals surface area (Å²) in [6.45, 7) is 0.469. The van der Waals surface area contributed by atoms with Crippen LogP contribution in [0, 0.1) is 5.82 Å². The third-order valence-electron chi connectivity index (χ3n) is 3.55. The van der Waals surface area contributed by atoms with E-state index in [-0.39, 0.29) is 11.1 Å². The Balaban J connectivity index is 1.98. The van der Waals surface area contributed by atoms with Crippen molar-refractivity contribution in [2.75, 3.05) is 19.5 Å². The molecule has 0 unspecified atom stereocenters. The highest BCUT2D eigenvalue weighted by molar-refractivity contribution is 6.28. The van der Waals surface area contributed by atoms with Crippen molar-refractivity contribution in [1.29, 1.82) is 0 Å². The molecule has 3 aromatic rings. The van der Waals surface area contributed by atoms with Gasteiger partial charge >= 0.3 is 0 Å². The van der Waals surface area contributed by atoms with Crippen molar-refractivity contribution in [1.82, 2.24) is 9.97 Å². The Morgan fingerprint density at radius 2 is 1.71 bits per heavy atom. The van der Waals surface area contributed by atoms with Gasteiger partial charge in [0.25, 0.3) is 0 Å². The van der Waals surface area contributed by atoms with Gasteiger partial charge in [-0.3, -0.25) is 0 Å². The molecule has 0 fully saturated rings. The molecule has 24 heavy (non-hydrogen) atoms. The van der Waals surface area contributed by atoms with Crippen LogP contribution in [-0.4, -0.2) is 24.2 Å². The minimum absolute atomic E-state index is 0.122. The second-order valence-electron chi connectivity index (χ2n) is 5.05. The summed E-state index contributed by atoms with van der Waals surface area (Å²) in [4.78, 5) is 8.45. The lowest BCUT2D eigenvalue weighted by atomic mass is 10.2. The van der Waals surface area contributed by atoms with E-state index in [4.69, 9.17) is 21.1 Å². The fourth-order valence-electron chi connectivity index (χ4n) is 2.35. The molecule has 2 aromatic carbocycles. The molecule has 0 bridgehead atoms. The molecule has 0 amide bonds. The first-order valence-corrected chi connectivity index (χ1v) is 7.56. The molecule has 0 aliphatic rings. The molecule has 0 spiro atoms. The number of fused-ring (bicyclic) bond motifs is 1. The molecule has 124 valence electrons. The number of ether oxygens (including phenoxy) is 2. The monoisotopic (exact) mass is 347 g/mol. The van der Waals surface area contributed by atoms with Gasteiger partial charge in [-0.2, -0.15) is 0 Å². The van der Waals surface area contributed by atoms with Gasteiger partial charge in [0, 0.05) is 18.0 Å². The molecule has 0 atom stereocenters. The smallest absolute Gasteiger partial charge is 0.224 e. The van der Waals surface area contributed by atoms with Crippen molar-refractivity contribution < 1.29 is 13.9 Å². The summed E-state index contributed by atoms with van der Waals surface area (Å²) < 4.78 is 23.6. The van der Waals surface area contributed by atoms with Crippen LogP contribution in [0.4, 0.5) is 10.2 Å². The van der Waals surface area contributed by atoms with Crippen LogP contribution in [0.25, 0.3) is 10.9 Å². The number of halogens is 2. The highest BCUT2D eigenvalue weighted by Crippen LogP contribution is 2.34. The number of hydrogen-bond donors (Lipinski definition) is 1. The molecule has 3 rings (SSSR count). The number of rotatable bonds is 5. The summed E-state index contributed by atoms with van der Waals surface area (Å²) in [6, 6.07) is 9.77. The molecule has 0 aliphatic heterocycles. The highest BCUT2D eigenvalue weighted by Gasteiger charge is 2.12. The summed E-state index contributed by atoms with van der Waals surface area (Å²) >= 11 is 6.01. The minimum Gasteiger partial charge on any atom is -0.493 e. The average molecular weight is 348 g/mol. The first-order chi connectivity index (χ1) is 11.6. The molecule has 0 aliphatic carbocycles. The Bertz CT molecular complexity index is 872. The Hall–Kier alpha value is -2.60. The zero-order valence-corrected chi connectivity index (χ0v) is 13.9. The van der Waals surface area contributed by atoms with Crippen molar-refractivity contribution in [3.8, 4) is 11.5 Å². The summed E-state index contributed by atoms with van der Waals surface area (Å²) in [5, 5.41) is 4.07. The molecular weight excluding hydrogens is 333 g/mol. The fourth-order valence-corrected chi connectivity index (χ4v) is 2.53. The second kappa shape index (κ2) is 6.88.